The van der Waals surface area contributed by atoms with Gasteiger partial charge in [-0.15, -0.1) is 0 Å². The molecule has 0 bridgehead atoms. The number of aromatic nitrogens is 2. The number of benzene rings is 2. The van der Waals surface area contributed by atoms with Gasteiger partial charge in [-0.3, -0.25) is 4.79 Å². The largest absolute Gasteiger partial charge is 0.493 e. The van der Waals surface area contributed by atoms with E-state index in [1.807, 2.05) is 0 Å². The number of carbonyl (C=O) groups is 2. The van der Waals surface area contributed by atoms with Gasteiger partial charge in [0.05, 0.1) is 19.9 Å². The molecule has 1 amide bonds. The molecule has 0 unspecified atom stereocenters. The summed E-state index contributed by atoms with van der Waals surface area (Å²) in [5.41, 5.74) is 3.39. The number of carbonyl (C=O) groups excluding carboxylic acids is 2. The SMILES string of the molecule is COc1ccc(CNC(=O)COC(=O)c2nn(-c3ccc(F)cc3)c3c2CCC3)cc1OC. The molecule has 1 aliphatic carbocycles. The number of halogens is 1. The summed E-state index contributed by atoms with van der Waals surface area (Å²) in [4.78, 5) is 24.9. The zero-order chi connectivity index (χ0) is 23.4. The lowest BCUT2D eigenvalue weighted by Gasteiger charge is -2.10. The van der Waals surface area contributed by atoms with Crippen LogP contribution in [0.2, 0.25) is 0 Å². The van der Waals surface area contributed by atoms with Gasteiger partial charge in [0.2, 0.25) is 0 Å². The van der Waals surface area contributed by atoms with Gasteiger partial charge in [-0.1, -0.05) is 6.07 Å². The molecule has 0 radical (unpaired) electrons. The molecular formula is C24H24FN3O5. The lowest BCUT2D eigenvalue weighted by atomic mass is 10.2. The van der Waals surface area contributed by atoms with Crippen molar-refractivity contribution in [3.05, 3.63) is 70.8 Å². The van der Waals surface area contributed by atoms with Crippen molar-refractivity contribution >= 4 is 11.9 Å². The minimum Gasteiger partial charge on any atom is -0.493 e. The Kier molecular flexibility index (Phi) is 6.58. The van der Waals surface area contributed by atoms with E-state index in [0.29, 0.717) is 23.6 Å². The standard InChI is InChI=1S/C24H24FN3O5/c1-31-20-11-6-15(12-21(20)32-2)13-26-22(29)14-33-24(30)23-18-4-3-5-19(18)28(27-23)17-9-7-16(25)8-10-17/h6-12H,3-5,13-14H2,1-2H3,(H,26,29). The van der Waals surface area contributed by atoms with Crippen molar-refractivity contribution in [1.82, 2.24) is 15.1 Å². The third kappa shape index (κ3) is 4.82. The van der Waals surface area contributed by atoms with E-state index in [-0.39, 0.29) is 18.1 Å². The van der Waals surface area contributed by atoms with E-state index >= 15 is 0 Å². The summed E-state index contributed by atoms with van der Waals surface area (Å²) in [6, 6.07) is 11.2. The van der Waals surface area contributed by atoms with Crippen molar-refractivity contribution < 1.29 is 28.2 Å². The van der Waals surface area contributed by atoms with Crippen molar-refractivity contribution in [2.45, 2.75) is 25.8 Å². The third-order valence-corrected chi connectivity index (χ3v) is 5.47. The maximum atomic E-state index is 13.3. The van der Waals surface area contributed by atoms with E-state index in [0.717, 1.165) is 29.7 Å². The van der Waals surface area contributed by atoms with Crippen LogP contribution in [-0.2, 0) is 28.9 Å². The van der Waals surface area contributed by atoms with Crippen molar-refractivity contribution in [3.8, 4) is 17.2 Å². The Balaban J connectivity index is 1.38. The molecule has 0 saturated heterocycles. The van der Waals surface area contributed by atoms with E-state index < -0.39 is 18.5 Å². The summed E-state index contributed by atoms with van der Waals surface area (Å²) in [5, 5.41) is 7.11. The summed E-state index contributed by atoms with van der Waals surface area (Å²) in [6.45, 7) is -0.185. The van der Waals surface area contributed by atoms with Gasteiger partial charge in [0.1, 0.15) is 5.82 Å². The van der Waals surface area contributed by atoms with E-state index in [2.05, 4.69) is 10.4 Å². The Morgan fingerprint density at radius 3 is 2.55 bits per heavy atom. The fourth-order valence-electron chi connectivity index (χ4n) is 3.84. The van der Waals surface area contributed by atoms with Crippen molar-refractivity contribution in [2.24, 2.45) is 0 Å². The number of rotatable bonds is 8. The number of hydrogen-bond acceptors (Lipinski definition) is 6. The highest BCUT2D eigenvalue weighted by atomic mass is 19.1. The molecule has 9 heteroatoms. The average molecular weight is 453 g/mol. The van der Waals surface area contributed by atoms with Crippen LogP contribution in [0, 0.1) is 5.82 Å². The van der Waals surface area contributed by atoms with Gasteiger partial charge >= 0.3 is 5.97 Å². The van der Waals surface area contributed by atoms with E-state index in [1.54, 1.807) is 42.1 Å². The summed E-state index contributed by atoms with van der Waals surface area (Å²) >= 11 is 0. The number of amides is 1. The summed E-state index contributed by atoms with van der Waals surface area (Å²) in [5.74, 6) is -0.292. The number of ether oxygens (including phenoxy) is 3. The maximum Gasteiger partial charge on any atom is 0.359 e. The van der Waals surface area contributed by atoms with Crippen LogP contribution in [0.15, 0.2) is 42.5 Å². The first-order chi connectivity index (χ1) is 16.0. The predicted molar refractivity (Wildman–Crippen MR) is 117 cm³/mol. The van der Waals surface area contributed by atoms with E-state index in [1.165, 1.54) is 19.2 Å². The van der Waals surface area contributed by atoms with Crippen LogP contribution < -0.4 is 14.8 Å². The molecule has 33 heavy (non-hydrogen) atoms. The van der Waals surface area contributed by atoms with Crippen molar-refractivity contribution in [2.75, 3.05) is 20.8 Å². The predicted octanol–water partition coefficient (Wildman–Crippen LogP) is 2.99. The molecule has 1 aliphatic rings. The molecule has 4 rings (SSSR count). The van der Waals surface area contributed by atoms with Crippen LogP contribution in [0.25, 0.3) is 5.69 Å². The number of methoxy groups -OCH3 is 2. The second-order valence-corrected chi connectivity index (χ2v) is 7.56. The molecule has 0 saturated carbocycles. The summed E-state index contributed by atoms with van der Waals surface area (Å²) < 4.78 is 30.6. The van der Waals surface area contributed by atoms with Gasteiger partial charge in [-0.2, -0.15) is 5.10 Å². The van der Waals surface area contributed by atoms with Crippen molar-refractivity contribution in [3.63, 3.8) is 0 Å². The Morgan fingerprint density at radius 2 is 1.82 bits per heavy atom. The Bertz CT molecular complexity index is 1170. The van der Waals surface area contributed by atoms with Gasteiger partial charge in [0.25, 0.3) is 5.91 Å². The topological polar surface area (TPSA) is 91.7 Å². The molecule has 0 aliphatic heterocycles. The van der Waals surface area contributed by atoms with Crippen LogP contribution in [-0.4, -0.2) is 42.5 Å². The molecule has 172 valence electrons. The molecule has 0 spiro atoms. The van der Waals surface area contributed by atoms with Gasteiger partial charge in [0.15, 0.2) is 23.8 Å². The average Bonchev–Trinajstić information content (AvgIpc) is 3.44. The molecule has 1 heterocycles. The molecule has 3 aromatic rings. The molecule has 1 aromatic heterocycles. The first kappa shape index (κ1) is 22.3. The molecule has 0 atom stereocenters. The Morgan fingerprint density at radius 1 is 1.06 bits per heavy atom. The fourth-order valence-corrected chi connectivity index (χ4v) is 3.84. The van der Waals surface area contributed by atoms with Crippen LogP contribution >= 0.6 is 0 Å². The molecular weight excluding hydrogens is 429 g/mol. The number of nitrogens with one attached hydrogen (secondary N) is 1. The van der Waals surface area contributed by atoms with Crippen molar-refractivity contribution in [1.29, 1.82) is 0 Å². The third-order valence-electron chi connectivity index (χ3n) is 5.47. The van der Waals surface area contributed by atoms with Crippen LogP contribution in [0.4, 0.5) is 4.39 Å². The highest BCUT2D eigenvalue weighted by molar-refractivity contribution is 5.91. The number of hydrogen-bond donors (Lipinski definition) is 1. The van der Waals surface area contributed by atoms with Gasteiger partial charge in [-0.25, -0.2) is 13.9 Å². The van der Waals surface area contributed by atoms with E-state index in [4.69, 9.17) is 14.2 Å². The lowest BCUT2D eigenvalue weighted by molar-refractivity contribution is -0.124. The van der Waals surface area contributed by atoms with Gasteiger partial charge < -0.3 is 19.5 Å². The molecule has 1 N–H and O–H groups in total. The normalized spacial score (nSPS) is 12.2. The van der Waals surface area contributed by atoms with Crippen LogP contribution in [0.1, 0.15) is 33.7 Å². The zero-order valence-electron chi connectivity index (χ0n) is 18.4. The number of nitrogens with zero attached hydrogens (tertiary/aromatic N) is 2. The second-order valence-electron chi connectivity index (χ2n) is 7.56. The highest BCUT2D eigenvalue weighted by Gasteiger charge is 2.28. The first-order valence-electron chi connectivity index (χ1n) is 10.5. The highest BCUT2D eigenvalue weighted by Crippen LogP contribution is 2.29. The summed E-state index contributed by atoms with van der Waals surface area (Å²) in [7, 11) is 3.08. The van der Waals surface area contributed by atoms with Gasteiger partial charge in [-0.05, 0) is 61.2 Å². The quantitative estimate of drug-likeness (QED) is 0.528. The minimum atomic E-state index is -0.657. The fraction of sp³-hybridized carbons (Fsp3) is 0.292. The molecule has 8 nitrogen and oxygen atoms in total. The Hall–Kier alpha value is -3.88. The number of esters is 1. The molecule has 0 fully saturated rings. The molecule has 2 aromatic carbocycles. The lowest BCUT2D eigenvalue weighted by Crippen LogP contribution is -2.28. The monoisotopic (exact) mass is 453 g/mol. The van der Waals surface area contributed by atoms with Crippen LogP contribution in [0.5, 0.6) is 11.5 Å². The smallest absolute Gasteiger partial charge is 0.359 e. The maximum absolute atomic E-state index is 13.3. The van der Waals surface area contributed by atoms with Gasteiger partial charge in [0, 0.05) is 17.8 Å². The first-order valence-corrected chi connectivity index (χ1v) is 10.5. The number of fused-ring (bicyclic) bond motifs is 1. The zero-order valence-corrected chi connectivity index (χ0v) is 18.4. The summed E-state index contributed by atoms with van der Waals surface area (Å²) in [6.07, 6.45) is 2.35. The Labute approximate surface area is 190 Å². The second kappa shape index (κ2) is 9.72. The van der Waals surface area contributed by atoms with E-state index in [9.17, 15) is 14.0 Å². The van der Waals surface area contributed by atoms with Crippen LogP contribution in [0.3, 0.4) is 0 Å². The minimum absolute atomic E-state index is 0.194.